The summed E-state index contributed by atoms with van der Waals surface area (Å²) in [5.74, 6) is 0.967. The average molecular weight is 392 g/mol. The van der Waals surface area contributed by atoms with E-state index in [4.69, 9.17) is 9.47 Å². The minimum atomic E-state index is -3.41. The first-order valence-corrected chi connectivity index (χ1v) is 10.1. The molecule has 0 radical (unpaired) electrons. The first kappa shape index (κ1) is 20.6. The van der Waals surface area contributed by atoms with Crippen LogP contribution in [0.1, 0.15) is 28.9 Å². The molecule has 0 heterocycles. The molecule has 2 aromatic carbocycles. The number of rotatable bonds is 7. The van der Waals surface area contributed by atoms with E-state index in [1.807, 2.05) is 6.92 Å². The number of sulfonamides is 1. The number of anilines is 1. The maximum atomic E-state index is 12.7. The predicted octanol–water partition coefficient (Wildman–Crippen LogP) is 2.59. The van der Waals surface area contributed by atoms with E-state index in [0.717, 1.165) is 16.1 Å². The second kappa shape index (κ2) is 8.30. The van der Waals surface area contributed by atoms with Gasteiger partial charge in [-0.05, 0) is 43.3 Å². The van der Waals surface area contributed by atoms with E-state index in [9.17, 15) is 13.2 Å². The zero-order valence-electron chi connectivity index (χ0n) is 16.0. The number of amides is 1. The smallest absolute Gasteiger partial charge is 0.251 e. The van der Waals surface area contributed by atoms with Crippen molar-refractivity contribution in [2.75, 3.05) is 31.8 Å². The Morgan fingerprint density at radius 1 is 1.11 bits per heavy atom. The Labute approximate surface area is 160 Å². The van der Waals surface area contributed by atoms with Crippen LogP contribution >= 0.6 is 0 Å². The highest BCUT2D eigenvalue weighted by atomic mass is 32.2. The molecule has 1 amide bonds. The van der Waals surface area contributed by atoms with Crippen molar-refractivity contribution in [2.45, 2.75) is 13.0 Å². The molecule has 0 aliphatic heterocycles. The summed E-state index contributed by atoms with van der Waals surface area (Å²) in [7, 11) is 1.16. The molecule has 1 unspecified atom stereocenters. The summed E-state index contributed by atoms with van der Waals surface area (Å²) >= 11 is 0. The van der Waals surface area contributed by atoms with E-state index in [-0.39, 0.29) is 11.9 Å². The average Bonchev–Trinajstić information content (AvgIpc) is 2.66. The molecule has 27 heavy (non-hydrogen) atoms. The molecule has 7 nitrogen and oxygen atoms in total. The summed E-state index contributed by atoms with van der Waals surface area (Å²) in [6.45, 7) is 1.83. The first-order chi connectivity index (χ1) is 12.7. The number of ether oxygens (including phenoxy) is 2. The zero-order valence-corrected chi connectivity index (χ0v) is 16.8. The summed E-state index contributed by atoms with van der Waals surface area (Å²) in [5.41, 5.74) is 1.54. The Kier molecular flexibility index (Phi) is 6.32. The molecule has 0 aromatic heterocycles. The van der Waals surface area contributed by atoms with Crippen LogP contribution in [0.2, 0.25) is 0 Å². The lowest BCUT2D eigenvalue weighted by atomic mass is 10.1. The number of hydrogen-bond acceptors (Lipinski definition) is 5. The van der Waals surface area contributed by atoms with E-state index in [1.54, 1.807) is 50.6 Å². The van der Waals surface area contributed by atoms with Gasteiger partial charge in [0, 0.05) is 18.2 Å². The quantitative estimate of drug-likeness (QED) is 0.783. The van der Waals surface area contributed by atoms with Crippen LogP contribution in [0.5, 0.6) is 11.5 Å². The predicted molar refractivity (Wildman–Crippen MR) is 105 cm³/mol. The molecule has 0 spiro atoms. The standard InChI is InChI=1S/C19H24N2O5S/c1-13(17-12-16(25-3)9-10-18(17)26-4)20-19(22)14-7-6-8-15(11-14)21(2)27(5,23)24/h6-13H,1-5H3,(H,20,22). The van der Waals surface area contributed by atoms with E-state index in [0.29, 0.717) is 22.7 Å². The van der Waals surface area contributed by atoms with Crippen molar-refractivity contribution in [1.29, 1.82) is 0 Å². The third kappa shape index (κ3) is 4.91. The minimum absolute atomic E-state index is 0.323. The molecule has 0 fully saturated rings. The third-order valence-corrected chi connectivity index (χ3v) is 5.43. The maximum absolute atomic E-state index is 12.7. The van der Waals surface area contributed by atoms with E-state index in [2.05, 4.69) is 5.32 Å². The fourth-order valence-electron chi connectivity index (χ4n) is 2.57. The fraction of sp³-hybridized carbons (Fsp3) is 0.316. The van der Waals surface area contributed by atoms with E-state index in [1.165, 1.54) is 13.1 Å². The Morgan fingerprint density at radius 2 is 1.81 bits per heavy atom. The first-order valence-electron chi connectivity index (χ1n) is 8.24. The molecular weight excluding hydrogens is 368 g/mol. The Bertz CT molecular complexity index is 927. The molecule has 1 atom stereocenters. The van der Waals surface area contributed by atoms with Crippen LogP contribution in [0.15, 0.2) is 42.5 Å². The highest BCUT2D eigenvalue weighted by Gasteiger charge is 2.18. The summed E-state index contributed by atoms with van der Waals surface area (Å²) < 4.78 is 35.1. The highest BCUT2D eigenvalue weighted by Crippen LogP contribution is 2.29. The fourth-order valence-corrected chi connectivity index (χ4v) is 3.07. The zero-order chi connectivity index (χ0) is 20.2. The molecule has 1 N–H and O–H groups in total. The van der Waals surface area contributed by atoms with Crippen LogP contribution in [0, 0.1) is 0 Å². The monoisotopic (exact) mass is 392 g/mol. The molecule has 0 bridgehead atoms. The topological polar surface area (TPSA) is 84.9 Å². The van der Waals surface area contributed by atoms with Crippen LogP contribution in [-0.4, -0.2) is 41.8 Å². The van der Waals surface area contributed by atoms with Gasteiger partial charge < -0.3 is 14.8 Å². The van der Waals surface area contributed by atoms with Crippen molar-refractivity contribution in [3.63, 3.8) is 0 Å². The highest BCUT2D eigenvalue weighted by molar-refractivity contribution is 7.92. The van der Waals surface area contributed by atoms with Crippen LogP contribution in [0.4, 0.5) is 5.69 Å². The summed E-state index contributed by atoms with van der Waals surface area (Å²) in [6.07, 6.45) is 1.11. The lowest BCUT2D eigenvalue weighted by molar-refractivity contribution is 0.0939. The lowest BCUT2D eigenvalue weighted by Crippen LogP contribution is -2.28. The van der Waals surface area contributed by atoms with Gasteiger partial charge in [-0.15, -0.1) is 0 Å². The van der Waals surface area contributed by atoms with Crippen molar-refractivity contribution in [1.82, 2.24) is 5.32 Å². The molecule has 0 aliphatic rings. The van der Waals surface area contributed by atoms with Gasteiger partial charge in [0.05, 0.1) is 32.2 Å². The molecule has 8 heteroatoms. The van der Waals surface area contributed by atoms with Gasteiger partial charge in [-0.2, -0.15) is 0 Å². The molecule has 2 rings (SSSR count). The van der Waals surface area contributed by atoms with E-state index < -0.39 is 10.0 Å². The normalized spacial score (nSPS) is 12.2. The van der Waals surface area contributed by atoms with Gasteiger partial charge in [0.15, 0.2) is 0 Å². The third-order valence-electron chi connectivity index (χ3n) is 4.22. The largest absolute Gasteiger partial charge is 0.497 e. The number of carbonyl (C=O) groups excluding carboxylic acids is 1. The number of methoxy groups -OCH3 is 2. The summed E-state index contributed by atoms with van der Waals surface area (Å²) in [4.78, 5) is 12.7. The number of benzene rings is 2. The summed E-state index contributed by atoms with van der Waals surface area (Å²) in [5, 5.41) is 2.90. The van der Waals surface area contributed by atoms with Crippen LogP contribution < -0.4 is 19.1 Å². The van der Waals surface area contributed by atoms with Crippen molar-refractivity contribution < 1.29 is 22.7 Å². The van der Waals surface area contributed by atoms with E-state index >= 15 is 0 Å². The molecule has 2 aromatic rings. The van der Waals surface area contributed by atoms with Gasteiger partial charge >= 0.3 is 0 Å². The minimum Gasteiger partial charge on any atom is -0.497 e. The molecule has 0 saturated heterocycles. The van der Waals surface area contributed by atoms with Gasteiger partial charge in [-0.3, -0.25) is 9.10 Å². The molecule has 146 valence electrons. The second-order valence-corrected chi connectivity index (χ2v) is 8.10. The van der Waals surface area contributed by atoms with Crippen molar-refractivity contribution in [3.05, 3.63) is 53.6 Å². The number of nitrogens with zero attached hydrogens (tertiary/aromatic N) is 1. The number of nitrogens with one attached hydrogen (secondary N) is 1. The van der Waals surface area contributed by atoms with Gasteiger partial charge in [-0.1, -0.05) is 6.07 Å². The molecular formula is C19H24N2O5S. The van der Waals surface area contributed by atoms with Crippen LogP contribution in [-0.2, 0) is 10.0 Å². The number of hydrogen-bond donors (Lipinski definition) is 1. The second-order valence-electron chi connectivity index (χ2n) is 6.08. The van der Waals surface area contributed by atoms with Crippen molar-refractivity contribution >= 4 is 21.6 Å². The maximum Gasteiger partial charge on any atom is 0.251 e. The Morgan fingerprint density at radius 3 is 2.41 bits per heavy atom. The molecule has 0 saturated carbocycles. The van der Waals surface area contributed by atoms with Gasteiger partial charge in [0.2, 0.25) is 10.0 Å². The summed E-state index contributed by atoms with van der Waals surface area (Å²) in [6, 6.07) is 11.4. The van der Waals surface area contributed by atoms with Crippen LogP contribution in [0.3, 0.4) is 0 Å². The van der Waals surface area contributed by atoms with Gasteiger partial charge in [0.1, 0.15) is 11.5 Å². The van der Waals surface area contributed by atoms with Gasteiger partial charge in [-0.25, -0.2) is 8.42 Å². The SMILES string of the molecule is COc1ccc(OC)c(C(C)NC(=O)c2cccc(N(C)S(C)(=O)=O)c2)c1. The van der Waals surface area contributed by atoms with Crippen molar-refractivity contribution in [2.24, 2.45) is 0 Å². The molecule has 0 aliphatic carbocycles. The number of carbonyl (C=O) groups is 1. The lowest BCUT2D eigenvalue weighted by Gasteiger charge is -2.20. The Hall–Kier alpha value is -2.74. The van der Waals surface area contributed by atoms with Gasteiger partial charge in [0.25, 0.3) is 5.91 Å². The van der Waals surface area contributed by atoms with Crippen LogP contribution in [0.25, 0.3) is 0 Å². The Balaban J connectivity index is 2.25. The van der Waals surface area contributed by atoms with Crippen molar-refractivity contribution in [3.8, 4) is 11.5 Å².